The second-order valence-electron chi connectivity index (χ2n) is 10.1. The minimum absolute atomic E-state index is 0.0375. The number of carbonyl (C=O) groups excluding carboxylic acids is 2. The molecule has 0 radical (unpaired) electrons. The number of rotatable bonds is 10. The molecule has 0 saturated heterocycles. The fraction of sp³-hybridized carbons (Fsp3) is 0.500. The van der Waals surface area contributed by atoms with E-state index in [-0.39, 0.29) is 18.5 Å². The van der Waals surface area contributed by atoms with Crippen molar-refractivity contribution in [2.75, 3.05) is 17.1 Å². The first-order valence-electron chi connectivity index (χ1n) is 13.0. The lowest BCUT2D eigenvalue weighted by atomic mass is 9.95. The maximum Gasteiger partial charge on any atom is 0.244 e. The lowest BCUT2D eigenvalue weighted by Gasteiger charge is -2.34. The van der Waals surface area contributed by atoms with Crippen LogP contribution >= 0.6 is 23.2 Å². The Morgan fingerprint density at radius 3 is 2.34 bits per heavy atom. The highest BCUT2D eigenvalue weighted by atomic mass is 35.5. The van der Waals surface area contributed by atoms with Crippen LogP contribution in [0.5, 0.6) is 0 Å². The van der Waals surface area contributed by atoms with Gasteiger partial charge >= 0.3 is 0 Å². The Morgan fingerprint density at radius 1 is 1.05 bits per heavy atom. The van der Waals surface area contributed by atoms with Crippen molar-refractivity contribution < 1.29 is 18.0 Å². The second kappa shape index (κ2) is 13.2. The zero-order valence-corrected chi connectivity index (χ0v) is 24.8. The van der Waals surface area contributed by atoms with Gasteiger partial charge in [0.2, 0.25) is 21.8 Å². The highest BCUT2D eigenvalue weighted by Crippen LogP contribution is 2.27. The number of amides is 2. The number of carbonyl (C=O) groups is 2. The van der Waals surface area contributed by atoms with Crippen LogP contribution in [-0.4, -0.2) is 50.0 Å². The maximum atomic E-state index is 13.9. The Kier molecular flexibility index (Phi) is 10.5. The molecule has 0 spiro atoms. The van der Waals surface area contributed by atoms with Gasteiger partial charge in [0, 0.05) is 22.6 Å². The van der Waals surface area contributed by atoms with Gasteiger partial charge in [0.15, 0.2) is 0 Å². The van der Waals surface area contributed by atoms with Crippen molar-refractivity contribution in [3.63, 3.8) is 0 Å². The number of benzene rings is 2. The molecule has 2 amide bonds. The summed E-state index contributed by atoms with van der Waals surface area (Å²) < 4.78 is 26.9. The van der Waals surface area contributed by atoms with Crippen molar-refractivity contribution in [3.8, 4) is 0 Å². The Bertz CT molecular complexity index is 1260. The molecule has 10 heteroatoms. The third-order valence-corrected chi connectivity index (χ3v) is 8.72. The van der Waals surface area contributed by atoms with Crippen LogP contribution in [-0.2, 0) is 26.2 Å². The zero-order valence-electron chi connectivity index (χ0n) is 22.5. The molecule has 0 aromatic heterocycles. The average molecular weight is 583 g/mol. The number of hydrogen-bond acceptors (Lipinski definition) is 4. The van der Waals surface area contributed by atoms with E-state index in [0.717, 1.165) is 53.8 Å². The molecule has 0 aliphatic heterocycles. The van der Waals surface area contributed by atoms with Gasteiger partial charge < -0.3 is 10.2 Å². The highest BCUT2D eigenvalue weighted by molar-refractivity contribution is 7.92. The van der Waals surface area contributed by atoms with Crippen LogP contribution in [0.3, 0.4) is 0 Å². The summed E-state index contributed by atoms with van der Waals surface area (Å²) in [5, 5.41) is 3.95. The van der Waals surface area contributed by atoms with Gasteiger partial charge in [-0.25, -0.2) is 8.42 Å². The van der Waals surface area contributed by atoms with Gasteiger partial charge in [-0.3, -0.25) is 13.9 Å². The fourth-order valence-corrected chi connectivity index (χ4v) is 6.25. The SMILES string of the molecule is CC[C@@H](C(=O)NC1CCCCC1)N(Cc1ccc(Cl)cc1Cl)C(=O)CN(c1cc(C)ccc1C)S(C)(=O)=O. The third-order valence-electron chi connectivity index (χ3n) is 7.01. The molecule has 0 unspecified atom stereocenters. The Hall–Kier alpha value is -2.29. The number of aryl methyl sites for hydroxylation is 2. The summed E-state index contributed by atoms with van der Waals surface area (Å²) in [6.07, 6.45) is 6.53. The fourth-order valence-electron chi connectivity index (χ4n) is 4.88. The van der Waals surface area contributed by atoms with Crippen LogP contribution in [0.15, 0.2) is 36.4 Å². The summed E-state index contributed by atoms with van der Waals surface area (Å²) >= 11 is 12.5. The number of halogens is 2. The molecule has 3 rings (SSSR count). The molecular formula is C28H37Cl2N3O4S. The topological polar surface area (TPSA) is 86.8 Å². The molecule has 1 fully saturated rings. The second-order valence-corrected chi connectivity index (χ2v) is 12.8. The van der Waals surface area contributed by atoms with E-state index in [1.165, 1.54) is 4.90 Å². The van der Waals surface area contributed by atoms with E-state index < -0.39 is 28.5 Å². The van der Waals surface area contributed by atoms with E-state index in [1.807, 2.05) is 26.0 Å². The molecule has 0 bridgehead atoms. The molecule has 2 aromatic rings. The Balaban J connectivity index is 1.97. The standard InChI is InChI=1S/C28H37Cl2N3O4S/c1-5-25(28(35)31-23-9-7-6-8-10-23)32(17-21-13-14-22(29)16-24(21)30)27(34)18-33(38(4,36)37)26-15-19(2)11-12-20(26)3/h11-16,23,25H,5-10,17-18H2,1-4H3,(H,31,35)/t25-/m0/s1. The number of anilines is 1. The van der Waals surface area contributed by atoms with Crippen molar-refractivity contribution >= 4 is 50.7 Å². The molecule has 208 valence electrons. The first-order chi connectivity index (χ1) is 17.9. The summed E-state index contributed by atoms with van der Waals surface area (Å²) in [6.45, 7) is 5.10. The molecule has 0 heterocycles. The first kappa shape index (κ1) is 30.3. The van der Waals surface area contributed by atoms with Gasteiger partial charge in [0.1, 0.15) is 12.6 Å². The highest BCUT2D eigenvalue weighted by Gasteiger charge is 2.33. The third kappa shape index (κ3) is 7.87. The van der Waals surface area contributed by atoms with Crippen LogP contribution in [0, 0.1) is 13.8 Å². The van der Waals surface area contributed by atoms with E-state index in [9.17, 15) is 18.0 Å². The molecular weight excluding hydrogens is 545 g/mol. The monoisotopic (exact) mass is 581 g/mol. The summed E-state index contributed by atoms with van der Waals surface area (Å²) in [4.78, 5) is 28.8. The van der Waals surface area contributed by atoms with Gasteiger partial charge in [-0.1, -0.05) is 67.6 Å². The summed E-state index contributed by atoms with van der Waals surface area (Å²) in [7, 11) is -3.81. The Morgan fingerprint density at radius 2 is 1.74 bits per heavy atom. The zero-order chi connectivity index (χ0) is 28.0. The van der Waals surface area contributed by atoms with Gasteiger partial charge in [0.05, 0.1) is 11.9 Å². The molecule has 1 atom stereocenters. The molecule has 2 aromatic carbocycles. The van der Waals surface area contributed by atoms with Crippen molar-refractivity contribution in [2.24, 2.45) is 0 Å². The molecule has 38 heavy (non-hydrogen) atoms. The summed E-state index contributed by atoms with van der Waals surface area (Å²) in [5.41, 5.74) is 2.65. The summed E-state index contributed by atoms with van der Waals surface area (Å²) in [5.74, 6) is -0.733. The predicted octanol–water partition coefficient (Wildman–Crippen LogP) is 5.63. The molecule has 1 aliphatic carbocycles. The van der Waals surface area contributed by atoms with Crippen molar-refractivity contribution in [2.45, 2.75) is 77.9 Å². The summed E-state index contributed by atoms with van der Waals surface area (Å²) in [6, 6.07) is 9.72. The number of sulfonamides is 1. The first-order valence-corrected chi connectivity index (χ1v) is 15.6. The Labute approximate surface area is 236 Å². The molecule has 1 aliphatic rings. The van der Waals surface area contributed by atoms with Crippen LogP contribution in [0.2, 0.25) is 10.0 Å². The smallest absolute Gasteiger partial charge is 0.244 e. The van der Waals surface area contributed by atoms with Crippen LogP contribution < -0.4 is 9.62 Å². The molecule has 1 saturated carbocycles. The number of nitrogens with zero attached hydrogens (tertiary/aromatic N) is 2. The lowest BCUT2D eigenvalue weighted by molar-refractivity contribution is -0.140. The number of nitrogens with one attached hydrogen (secondary N) is 1. The van der Waals surface area contributed by atoms with Gasteiger partial charge in [-0.2, -0.15) is 0 Å². The average Bonchev–Trinajstić information content (AvgIpc) is 2.85. The van der Waals surface area contributed by atoms with Crippen LogP contribution in [0.25, 0.3) is 0 Å². The quantitative estimate of drug-likeness (QED) is 0.393. The predicted molar refractivity (Wildman–Crippen MR) is 154 cm³/mol. The van der Waals surface area contributed by atoms with Crippen molar-refractivity contribution in [3.05, 3.63) is 63.1 Å². The van der Waals surface area contributed by atoms with Crippen molar-refractivity contribution in [1.82, 2.24) is 10.2 Å². The molecule has 7 nitrogen and oxygen atoms in total. The normalized spacial score (nSPS) is 15.1. The van der Waals surface area contributed by atoms with Gasteiger partial charge in [-0.05, 0) is 68.0 Å². The van der Waals surface area contributed by atoms with Crippen molar-refractivity contribution in [1.29, 1.82) is 0 Å². The van der Waals surface area contributed by atoms with Crippen LogP contribution in [0.1, 0.15) is 62.1 Å². The van der Waals surface area contributed by atoms with Crippen LogP contribution in [0.4, 0.5) is 5.69 Å². The van der Waals surface area contributed by atoms with E-state index in [0.29, 0.717) is 27.7 Å². The van der Waals surface area contributed by atoms with E-state index in [1.54, 1.807) is 31.2 Å². The minimum Gasteiger partial charge on any atom is -0.352 e. The largest absolute Gasteiger partial charge is 0.352 e. The molecule has 1 N–H and O–H groups in total. The van der Waals surface area contributed by atoms with Gasteiger partial charge in [0.25, 0.3) is 0 Å². The maximum absolute atomic E-state index is 13.9. The minimum atomic E-state index is -3.81. The van der Waals surface area contributed by atoms with E-state index in [2.05, 4.69) is 5.32 Å². The van der Waals surface area contributed by atoms with E-state index >= 15 is 0 Å². The number of hydrogen-bond donors (Lipinski definition) is 1. The van der Waals surface area contributed by atoms with E-state index in [4.69, 9.17) is 23.2 Å². The lowest BCUT2D eigenvalue weighted by Crippen LogP contribution is -2.54. The van der Waals surface area contributed by atoms with Gasteiger partial charge in [-0.15, -0.1) is 0 Å².